The Labute approximate surface area is 145 Å². The van der Waals surface area contributed by atoms with Crippen LogP contribution in [-0.2, 0) is 25.5 Å². The molecule has 0 heterocycles. The normalized spacial score (nSPS) is 11.3. The first-order valence-electron chi connectivity index (χ1n) is 7.78. The van der Waals surface area contributed by atoms with E-state index in [1.165, 1.54) is 26.0 Å². The SMILES string of the molecule is CC(=O)OC(OC(C)=O)C(=Cc1cccc(F)c1)Cc1ccccc1. The molecule has 0 atom stereocenters. The number of rotatable bonds is 6. The van der Waals surface area contributed by atoms with Gasteiger partial charge in [0.25, 0.3) is 6.29 Å². The van der Waals surface area contributed by atoms with E-state index in [9.17, 15) is 14.0 Å². The molecule has 0 unspecified atom stereocenters. The molecule has 2 rings (SSSR count). The molecular weight excluding hydrogens is 323 g/mol. The molecule has 0 saturated heterocycles. The number of hydrogen-bond donors (Lipinski definition) is 0. The van der Waals surface area contributed by atoms with Gasteiger partial charge in [0.1, 0.15) is 5.82 Å². The van der Waals surface area contributed by atoms with Gasteiger partial charge in [-0.25, -0.2) is 4.39 Å². The average molecular weight is 342 g/mol. The van der Waals surface area contributed by atoms with Gasteiger partial charge in [-0.15, -0.1) is 0 Å². The number of esters is 2. The maximum atomic E-state index is 13.5. The van der Waals surface area contributed by atoms with Gasteiger partial charge in [-0.2, -0.15) is 0 Å². The van der Waals surface area contributed by atoms with Gasteiger partial charge in [0.05, 0.1) is 0 Å². The molecular formula is C20H19FO4. The molecule has 0 saturated carbocycles. The van der Waals surface area contributed by atoms with Crippen LogP contribution in [0.1, 0.15) is 25.0 Å². The third-order valence-corrected chi connectivity index (χ3v) is 3.30. The monoisotopic (exact) mass is 342 g/mol. The topological polar surface area (TPSA) is 52.6 Å². The highest BCUT2D eigenvalue weighted by Crippen LogP contribution is 2.20. The zero-order valence-corrected chi connectivity index (χ0v) is 14.1. The third kappa shape index (κ3) is 6.22. The summed E-state index contributed by atoms with van der Waals surface area (Å²) in [5.74, 6) is -1.54. The summed E-state index contributed by atoms with van der Waals surface area (Å²) in [4.78, 5) is 22.8. The van der Waals surface area contributed by atoms with Gasteiger partial charge in [0, 0.05) is 25.8 Å². The fourth-order valence-electron chi connectivity index (χ4n) is 2.32. The number of halogens is 1. The lowest BCUT2D eigenvalue weighted by atomic mass is 10.0. The van der Waals surface area contributed by atoms with E-state index < -0.39 is 18.2 Å². The Bertz CT molecular complexity index is 752. The summed E-state index contributed by atoms with van der Waals surface area (Å²) in [6.45, 7) is 2.47. The molecule has 0 aromatic heterocycles. The smallest absolute Gasteiger partial charge is 0.305 e. The van der Waals surface area contributed by atoms with E-state index in [0.29, 0.717) is 17.6 Å². The number of hydrogen-bond acceptors (Lipinski definition) is 4. The first-order valence-corrected chi connectivity index (χ1v) is 7.78. The van der Waals surface area contributed by atoms with Crippen LogP contribution < -0.4 is 0 Å². The predicted molar refractivity (Wildman–Crippen MR) is 91.8 cm³/mol. The van der Waals surface area contributed by atoms with Crippen LogP contribution in [0.2, 0.25) is 0 Å². The van der Waals surface area contributed by atoms with Crippen LogP contribution in [0.25, 0.3) is 6.08 Å². The molecule has 0 aliphatic rings. The van der Waals surface area contributed by atoms with Crippen molar-refractivity contribution >= 4 is 18.0 Å². The summed E-state index contributed by atoms with van der Waals surface area (Å²) in [5, 5.41) is 0. The summed E-state index contributed by atoms with van der Waals surface area (Å²) in [6.07, 6.45) is 0.869. The molecule has 5 heteroatoms. The van der Waals surface area contributed by atoms with E-state index in [4.69, 9.17) is 9.47 Å². The molecule has 25 heavy (non-hydrogen) atoms. The van der Waals surface area contributed by atoms with Crippen molar-refractivity contribution in [2.75, 3.05) is 0 Å². The third-order valence-electron chi connectivity index (χ3n) is 3.30. The van der Waals surface area contributed by atoms with Crippen molar-refractivity contribution < 1.29 is 23.5 Å². The van der Waals surface area contributed by atoms with Crippen molar-refractivity contribution in [3.8, 4) is 0 Å². The second-order valence-corrected chi connectivity index (χ2v) is 5.49. The Morgan fingerprint density at radius 3 is 2.20 bits per heavy atom. The van der Waals surface area contributed by atoms with Crippen LogP contribution in [0, 0.1) is 5.82 Å². The first-order chi connectivity index (χ1) is 11.9. The summed E-state index contributed by atoms with van der Waals surface area (Å²) < 4.78 is 23.8. The standard InChI is InChI=1S/C20H19FO4/c1-14(22)24-20(25-15(2)23)18(11-16-7-4-3-5-8-16)12-17-9-6-10-19(21)13-17/h3-10,12-13,20H,11H2,1-2H3. The molecule has 2 aromatic carbocycles. The van der Waals surface area contributed by atoms with E-state index in [-0.39, 0.29) is 5.82 Å². The molecule has 0 aliphatic carbocycles. The molecule has 0 spiro atoms. The number of carbonyl (C=O) groups is 2. The van der Waals surface area contributed by atoms with E-state index in [0.717, 1.165) is 5.56 Å². The van der Waals surface area contributed by atoms with Gasteiger partial charge in [0.15, 0.2) is 0 Å². The van der Waals surface area contributed by atoms with Crippen LogP contribution >= 0.6 is 0 Å². The Kier molecular flexibility index (Phi) is 6.46. The number of carbonyl (C=O) groups excluding carboxylic acids is 2. The van der Waals surface area contributed by atoms with Crippen molar-refractivity contribution in [2.45, 2.75) is 26.6 Å². The molecule has 0 amide bonds. The highest BCUT2D eigenvalue weighted by atomic mass is 19.1. The lowest BCUT2D eigenvalue weighted by Gasteiger charge is -2.20. The minimum atomic E-state index is -1.17. The molecule has 130 valence electrons. The Balaban J connectivity index is 2.41. The summed E-state index contributed by atoms with van der Waals surface area (Å²) in [7, 11) is 0. The van der Waals surface area contributed by atoms with Gasteiger partial charge in [-0.3, -0.25) is 9.59 Å². The lowest BCUT2D eigenvalue weighted by Crippen LogP contribution is -2.25. The van der Waals surface area contributed by atoms with E-state index in [1.54, 1.807) is 18.2 Å². The maximum absolute atomic E-state index is 13.5. The number of ether oxygens (including phenoxy) is 2. The Morgan fingerprint density at radius 1 is 1.00 bits per heavy atom. The van der Waals surface area contributed by atoms with Crippen LogP contribution in [-0.4, -0.2) is 18.2 Å². The first kappa shape index (κ1) is 18.4. The van der Waals surface area contributed by atoms with Crippen molar-refractivity contribution in [2.24, 2.45) is 0 Å². The van der Waals surface area contributed by atoms with E-state index >= 15 is 0 Å². The van der Waals surface area contributed by atoms with Crippen molar-refractivity contribution in [1.82, 2.24) is 0 Å². The van der Waals surface area contributed by atoms with E-state index in [2.05, 4.69) is 0 Å². The molecule has 0 radical (unpaired) electrons. The summed E-state index contributed by atoms with van der Waals surface area (Å²) in [5.41, 5.74) is 2.05. The quantitative estimate of drug-likeness (QED) is 0.590. The van der Waals surface area contributed by atoms with Gasteiger partial charge < -0.3 is 9.47 Å². The van der Waals surface area contributed by atoms with Crippen molar-refractivity contribution in [1.29, 1.82) is 0 Å². The molecule has 0 N–H and O–H groups in total. The van der Waals surface area contributed by atoms with Gasteiger partial charge in [-0.1, -0.05) is 42.5 Å². The Hall–Kier alpha value is -2.95. The lowest BCUT2D eigenvalue weighted by molar-refractivity contribution is -0.178. The average Bonchev–Trinajstić information content (AvgIpc) is 2.54. The van der Waals surface area contributed by atoms with Crippen LogP contribution in [0.5, 0.6) is 0 Å². The maximum Gasteiger partial charge on any atom is 0.305 e. The van der Waals surface area contributed by atoms with Crippen molar-refractivity contribution in [3.63, 3.8) is 0 Å². The fraction of sp³-hybridized carbons (Fsp3) is 0.200. The zero-order chi connectivity index (χ0) is 18.2. The molecule has 2 aromatic rings. The second kappa shape index (κ2) is 8.78. The minimum Gasteiger partial charge on any atom is -0.421 e. The number of benzene rings is 2. The summed E-state index contributed by atoms with van der Waals surface area (Å²) >= 11 is 0. The zero-order valence-electron chi connectivity index (χ0n) is 14.1. The van der Waals surface area contributed by atoms with Gasteiger partial charge >= 0.3 is 11.9 Å². The largest absolute Gasteiger partial charge is 0.421 e. The predicted octanol–water partition coefficient (Wildman–Crippen LogP) is 3.90. The molecule has 0 bridgehead atoms. The summed E-state index contributed by atoms with van der Waals surface area (Å²) in [6, 6.07) is 15.4. The molecule has 4 nitrogen and oxygen atoms in total. The molecule has 0 aliphatic heterocycles. The fourth-order valence-corrected chi connectivity index (χ4v) is 2.32. The van der Waals surface area contributed by atoms with Crippen LogP contribution in [0.4, 0.5) is 4.39 Å². The highest BCUT2D eigenvalue weighted by Gasteiger charge is 2.21. The molecule has 0 fully saturated rings. The van der Waals surface area contributed by atoms with Crippen molar-refractivity contribution in [3.05, 3.63) is 77.1 Å². The Morgan fingerprint density at radius 2 is 1.64 bits per heavy atom. The van der Waals surface area contributed by atoms with Crippen LogP contribution in [0.15, 0.2) is 60.2 Å². The minimum absolute atomic E-state index is 0.378. The second-order valence-electron chi connectivity index (χ2n) is 5.49. The van der Waals surface area contributed by atoms with Crippen LogP contribution in [0.3, 0.4) is 0 Å². The van der Waals surface area contributed by atoms with E-state index in [1.807, 2.05) is 30.3 Å². The highest BCUT2D eigenvalue weighted by molar-refractivity contribution is 5.69. The van der Waals surface area contributed by atoms with Gasteiger partial charge in [0.2, 0.25) is 0 Å². The van der Waals surface area contributed by atoms with Gasteiger partial charge in [-0.05, 0) is 29.3 Å².